The molecule has 1 aromatic rings. The topological polar surface area (TPSA) is 52.9 Å². The van der Waals surface area contributed by atoms with Crippen LogP contribution >= 0.6 is 11.8 Å². The van der Waals surface area contributed by atoms with E-state index in [0.29, 0.717) is 12.0 Å². The number of thioether (sulfide) groups is 1. The molecule has 0 aliphatic carbocycles. The lowest BCUT2D eigenvalue weighted by atomic mass is 10.1. The van der Waals surface area contributed by atoms with Gasteiger partial charge >= 0.3 is 0 Å². The van der Waals surface area contributed by atoms with E-state index in [-0.39, 0.29) is 11.2 Å². The summed E-state index contributed by atoms with van der Waals surface area (Å²) in [5.74, 6) is -0.0985. The van der Waals surface area contributed by atoms with E-state index in [1.807, 2.05) is 24.5 Å². The largest absolute Gasteiger partial charge is 0.355 e. The molecule has 0 fully saturated rings. The molecule has 1 rings (SSSR count). The highest BCUT2D eigenvalue weighted by Gasteiger charge is 2.11. The number of nitrogens with one attached hydrogen (secondary N) is 1. The fraction of sp³-hybridized carbons (Fsp3) is 0.333. The van der Waals surface area contributed by atoms with E-state index in [1.165, 1.54) is 0 Å². The molecule has 1 atom stereocenters. The quantitative estimate of drug-likeness (QED) is 0.870. The summed E-state index contributed by atoms with van der Waals surface area (Å²) < 4.78 is 0. The van der Waals surface area contributed by atoms with E-state index in [2.05, 4.69) is 11.4 Å². The molecule has 0 spiro atoms. The number of carbonyl (C=O) groups excluding carboxylic acids is 1. The van der Waals surface area contributed by atoms with Gasteiger partial charge in [-0.05, 0) is 24.0 Å². The summed E-state index contributed by atoms with van der Waals surface area (Å²) in [4.78, 5) is 11.5. The molecule has 1 N–H and O–H groups in total. The monoisotopic (exact) mass is 234 g/mol. The Labute approximate surface area is 99.8 Å². The van der Waals surface area contributed by atoms with Crippen molar-refractivity contribution in [3.8, 4) is 6.07 Å². The fourth-order valence-electron chi connectivity index (χ4n) is 1.44. The number of amides is 1. The summed E-state index contributed by atoms with van der Waals surface area (Å²) in [5.41, 5.74) is 1.66. The van der Waals surface area contributed by atoms with Gasteiger partial charge in [0.15, 0.2) is 0 Å². The van der Waals surface area contributed by atoms with Crippen LogP contribution < -0.4 is 5.32 Å². The van der Waals surface area contributed by atoms with Gasteiger partial charge in [0.1, 0.15) is 0 Å². The molecule has 1 amide bonds. The van der Waals surface area contributed by atoms with E-state index >= 15 is 0 Å². The summed E-state index contributed by atoms with van der Waals surface area (Å²) in [7, 11) is 1.61. The standard InChI is InChI=1S/C12H14N2OS/c1-14-12(15)10-5-3-4-9(8-10)11(16-2)6-7-13/h3-5,8,11H,6H2,1-2H3,(H,14,15). The second kappa shape index (κ2) is 6.19. The molecule has 0 saturated heterocycles. The Morgan fingerprint density at radius 2 is 2.38 bits per heavy atom. The van der Waals surface area contributed by atoms with Crippen LogP contribution in [0.15, 0.2) is 24.3 Å². The molecular formula is C12H14N2OS. The second-order valence-corrected chi connectivity index (χ2v) is 4.33. The molecule has 4 heteroatoms. The van der Waals surface area contributed by atoms with E-state index in [9.17, 15) is 4.79 Å². The van der Waals surface area contributed by atoms with Crippen LogP contribution in [0.1, 0.15) is 27.6 Å². The Morgan fingerprint density at radius 1 is 1.62 bits per heavy atom. The number of nitrogens with zero attached hydrogens (tertiary/aromatic N) is 1. The van der Waals surface area contributed by atoms with Crippen molar-refractivity contribution in [1.82, 2.24) is 5.32 Å². The maximum atomic E-state index is 11.5. The van der Waals surface area contributed by atoms with Crippen LogP contribution in [0.2, 0.25) is 0 Å². The average molecular weight is 234 g/mol. The van der Waals surface area contributed by atoms with Gasteiger partial charge in [-0.15, -0.1) is 0 Å². The summed E-state index contributed by atoms with van der Waals surface area (Å²) >= 11 is 1.62. The molecule has 1 aromatic carbocycles. The van der Waals surface area contributed by atoms with Crippen LogP contribution in [0.4, 0.5) is 0 Å². The third-order valence-electron chi connectivity index (χ3n) is 2.31. The Balaban J connectivity index is 2.97. The van der Waals surface area contributed by atoms with Crippen LogP contribution in [-0.4, -0.2) is 19.2 Å². The highest BCUT2D eigenvalue weighted by molar-refractivity contribution is 7.98. The third-order valence-corrected chi connectivity index (χ3v) is 3.32. The van der Waals surface area contributed by atoms with Crippen molar-refractivity contribution in [3.63, 3.8) is 0 Å². The highest BCUT2D eigenvalue weighted by atomic mass is 32.2. The minimum Gasteiger partial charge on any atom is -0.355 e. The SMILES string of the molecule is CNC(=O)c1cccc(C(CC#N)SC)c1. The lowest BCUT2D eigenvalue weighted by Gasteiger charge is -2.11. The Morgan fingerprint density at radius 3 is 2.94 bits per heavy atom. The van der Waals surface area contributed by atoms with Gasteiger partial charge in [-0.25, -0.2) is 0 Å². The summed E-state index contributed by atoms with van der Waals surface area (Å²) in [6, 6.07) is 9.57. The maximum absolute atomic E-state index is 11.5. The van der Waals surface area contributed by atoms with E-state index in [0.717, 1.165) is 5.56 Å². The molecule has 16 heavy (non-hydrogen) atoms. The molecule has 0 aromatic heterocycles. The van der Waals surface area contributed by atoms with Gasteiger partial charge in [0, 0.05) is 17.9 Å². The third kappa shape index (κ3) is 3.01. The summed E-state index contributed by atoms with van der Waals surface area (Å²) in [6.45, 7) is 0. The van der Waals surface area contributed by atoms with Crippen molar-refractivity contribution >= 4 is 17.7 Å². The van der Waals surface area contributed by atoms with Crippen LogP contribution in [0.3, 0.4) is 0 Å². The first kappa shape index (κ1) is 12.6. The van der Waals surface area contributed by atoms with Gasteiger partial charge in [-0.1, -0.05) is 12.1 Å². The minimum absolute atomic E-state index is 0.0985. The molecule has 0 radical (unpaired) electrons. The second-order valence-electron chi connectivity index (χ2n) is 3.29. The molecule has 0 saturated carbocycles. The lowest BCUT2D eigenvalue weighted by molar-refractivity contribution is 0.0963. The first-order valence-corrected chi connectivity index (χ1v) is 6.23. The van der Waals surface area contributed by atoms with Crippen molar-refractivity contribution in [2.24, 2.45) is 0 Å². The van der Waals surface area contributed by atoms with E-state index in [1.54, 1.807) is 24.9 Å². The van der Waals surface area contributed by atoms with Crippen LogP contribution in [0, 0.1) is 11.3 Å². The zero-order valence-corrected chi connectivity index (χ0v) is 10.2. The first-order chi connectivity index (χ1) is 7.72. The molecule has 1 unspecified atom stereocenters. The van der Waals surface area contributed by atoms with Crippen LogP contribution in [-0.2, 0) is 0 Å². The smallest absolute Gasteiger partial charge is 0.251 e. The number of hydrogen-bond donors (Lipinski definition) is 1. The predicted octanol–water partition coefficient (Wildman–Crippen LogP) is 2.36. The van der Waals surface area contributed by atoms with E-state index in [4.69, 9.17) is 5.26 Å². The number of benzene rings is 1. The molecule has 0 heterocycles. The van der Waals surface area contributed by atoms with Gasteiger partial charge < -0.3 is 5.32 Å². The number of rotatable bonds is 4. The van der Waals surface area contributed by atoms with Crippen molar-refractivity contribution in [2.45, 2.75) is 11.7 Å². The van der Waals surface area contributed by atoms with E-state index < -0.39 is 0 Å². The Hall–Kier alpha value is -1.47. The highest BCUT2D eigenvalue weighted by Crippen LogP contribution is 2.29. The zero-order valence-electron chi connectivity index (χ0n) is 9.36. The summed E-state index contributed by atoms with van der Waals surface area (Å²) in [6.07, 6.45) is 2.42. The first-order valence-electron chi connectivity index (χ1n) is 4.94. The fourth-order valence-corrected chi connectivity index (χ4v) is 2.10. The Bertz CT molecular complexity index is 412. The molecule has 3 nitrogen and oxygen atoms in total. The molecular weight excluding hydrogens is 220 g/mol. The lowest BCUT2D eigenvalue weighted by Crippen LogP contribution is -2.17. The number of hydrogen-bond acceptors (Lipinski definition) is 3. The van der Waals surface area contributed by atoms with Crippen LogP contribution in [0.5, 0.6) is 0 Å². The van der Waals surface area contributed by atoms with Crippen molar-refractivity contribution < 1.29 is 4.79 Å². The molecule has 0 aliphatic rings. The molecule has 0 bridgehead atoms. The summed E-state index contributed by atoms with van der Waals surface area (Å²) in [5, 5.41) is 11.4. The van der Waals surface area contributed by atoms with Crippen molar-refractivity contribution in [3.05, 3.63) is 35.4 Å². The van der Waals surface area contributed by atoms with Gasteiger partial charge in [-0.2, -0.15) is 17.0 Å². The number of nitriles is 1. The van der Waals surface area contributed by atoms with Gasteiger partial charge in [0.2, 0.25) is 0 Å². The van der Waals surface area contributed by atoms with Crippen molar-refractivity contribution in [1.29, 1.82) is 5.26 Å². The van der Waals surface area contributed by atoms with Crippen molar-refractivity contribution in [2.75, 3.05) is 13.3 Å². The van der Waals surface area contributed by atoms with Crippen LogP contribution in [0.25, 0.3) is 0 Å². The number of carbonyl (C=O) groups is 1. The average Bonchev–Trinajstić information content (AvgIpc) is 2.35. The predicted molar refractivity (Wildman–Crippen MR) is 66.3 cm³/mol. The maximum Gasteiger partial charge on any atom is 0.251 e. The minimum atomic E-state index is -0.0985. The molecule has 84 valence electrons. The van der Waals surface area contributed by atoms with Gasteiger partial charge in [0.05, 0.1) is 12.5 Å². The van der Waals surface area contributed by atoms with Gasteiger partial charge in [-0.3, -0.25) is 4.79 Å². The normalized spacial score (nSPS) is 11.6. The zero-order chi connectivity index (χ0) is 12.0. The molecule has 0 aliphatic heterocycles. The Kier molecular flexibility index (Phi) is 4.87. The van der Waals surface area contributed by atoms with Gasteiger partial charge in [0.25, 0.3) is 5.91 Å².